The van der Waals surface area contributed by atoms with E-state index in [0.717, 1.165) is 58.2 Å². The zero-order valence-corrected chi connectivity index (χ0v) is 24.3. The predicted molar refractivity (Wildman–Crippen MR) is 160 cm³/mol. The Bertz CT molecular complexity index is 1800. The maximum atomic E-state index is 16.9. The van der Waals surface area contributed by atoms with Crippen LogP contribution in [0.3, 0.4) is 0 Å². The van der Waals surface area contributed by atoms with E-state index in [1.54, 1.807) is 18.2 Å². The third kappa shape index (κ3) is 3.88. The smallest absolute Gasteiger partial charge is 0.319 e. The van der Waals surface area contributed by atoms with Crippen molar-refractivity contribution in [1.82, 2.24) is 25.2 Å². The van der Waals surface area contributed by atoms with Crippen LogP contribution in [0.4, 0.5) is 14.6 Å². The number of benzene rings is 2. The predicted octanol–water partition coefficient (Wildman–Crippen LogP) is 5.49. The van der Waals surface area contributed by atoms with E-state index >= 15 is 4.39 Å². The van der Waals surface area contributed by atoms with Crippen molar-refractivity contribution in [2.45, 2.75) is 62.2 Å². The second-order valence-corrected chi connectivity index (χ2v) is 13.1. The molecule has 1 N–H and O–H groups in total. The van der Waals surface area contributed by atoms with E-state index in [1.165, 1.54) is 6.07 Å². The van der Waals surface area contributed by atoms with Crippen molar-refractivity contribution in [3.63, 3.8) is 0 Å². The molecule has 222 valence electrons. The summed E-state index contributed by atoms with van der Waals surface area (Å²) in [6.45, 7) is 3.73. The van der Waals surface area contributed by atoms with Crippen LogP contribution < -0.4 is 19.7 Å². The van der Waals surface area contributed by atoms with Gasteiger partial charge in [0.1, 0.15) is 41.4 Å². The average molecular weight is 605 g/mol. The molecule has 8 nitrogen and oxygen atoms in total. The first kappa shape index (κ1) is 26.1. The molecular formula is C32H31ClF2N6O2. The van der Waals surface area contributed by atoms with Crippen molar-refractivity contribution in [3.05, 3.63) is 47.0 Å². The van der Waals surface area contributed by atoms with Gasteiger partial charge in [0, 0.05) is 29.6 Å². The average Bonchev–Trinajstić information content (AvgIpc) is 3.69. The van der Waals surface area contributed by atoms with Gasteiger partial charge in [-0.15, -0.1) is 0 Å². The summed E-state index contributed by atoms with van der Waals surface area (Å²) in [6.07, 6.45) is 6.57. The van der Waals surface area contributed by atoms with Crippen molar-refractivity contribution in [1.29, 1.82) is 0 Å². The van der Waals surface area contributed by atoms with Crippen molar-refractivity contribution < 1.29 is 18.3 Å². The van der Waals surface area contributed by atoms with Gasteiger partial charge in [-0.05, 0) is 63.1 Å². The number of aromatic nitrogens is 3. The van der Waals surface area contributed by atoms with Crippen molar-refractivity contribution >= 4 is 39.1 Å². The van der Waals surface area contributed by atoms with Gasteiger partial charge in [0.25, 0.3) is 0 Å². The molecule has 2 aromatic carbocycles. The Hall–Kier alpha value is -3.34. The maximum absolute atomic E-state index is 16.9. The zero-order chi connectivity index (χ0) is 28.9. The normalized spacial score (nSPS) is 25.6. The van der Waals surface area contributed by atoms with E-state index in [4.69, 9.17) is 36.0 Å². The molecule has 0 spiro atoms. The van der Waals surface area contributed by atoms with Crippen LogP contribution in [0.5, 0.6) is 11.9 Å². The fourth-order valence-corrected chi connectivity index (χ4v) is 8.60. The van der Waals surface area contributed by atoms with E-state index in [9.17, 15) is 4.39 Å². The molecule has 43 heavy (non-hydrogen) atoms. The van der Waals surface area contributed by atoms with Gasteiger partial charge in [-0.3, -0.25) is 4.90 Å². The standard InChI is InChI=1S/C32H31ClF2N6O2/c33-25-20(34)8-6-17-4-1-5-19(23(17)25)27-26(35)28-24-29(39-31(38-28)43-16-32-10-2-12-40(32)13-3-11-32)41-14-18-7-9-21(36-18)22(41)15-42-30(24)37-27/h1,4-6,8,18,21-22,36H,2-3,7,9-16H2. The van der Waals surface area contributed by atoms with Gasteiger partial charge in [0.2, 0.25) is 5.88 Å². The molecule has 0 amide bonds. The van der Waals surface area contributed by atoms with Crippen LogP contribution in [0, 0.1) is 11.6 Å². The van der Waals surface area contributed by atoms with Crippen LogP contribution in [-0.2, 0) is 0 Å². The molecule has 3 atom stereocenters. The Balaban J connectivity index is 1.24. The van der Waals surface area contributed by atoms with Crippen molar-refractivity contribution in [2.75, 3.05) is 37.7 Å². The summed E-state index contributed by atoms with van der Waals surface area (Å²) in [6, 6.07) is 8.97. The Morgan fingerprint density at radius 2 is 1.91 bits per heavy atom. The number of anilines is 1. The van der Waals surface area contributed by atoms with Crippen LogP contribution in [0.1, 0.15) is 38.5 Å². The number of hydrogen-bond donors (Lipinski definition) is 1. The molecule has 4 aromatic rings. The minimum atomic E-state index is -0.637. The number of nitrogens with zero attached hydrogens (tertiary/aromatic N) is 5. The SMILES string of the molecule is Fc1ccc2cccc(-c3nc4c5c(nc(OCC67CCCN6CCC7)nc5c3F)N3CC5CCC(N5)C3CO4)c2c1Cl. The molecule has 5 aliphatic heterocycles. The van der Waals surface area contributed by atoms with Gasteiger partial charge in [-0.2, -0.15) is 9.97 Å². The van der Waals surface area contributed by atoms with Crippen LogP contribution in [0.2, 0.25) is 5.02 Å². The summed E-state index contributed by atoms with van der Waals surface area (Å²) in [7, 11) is 0. The molecule has 0 saturated carbocycles. The molecule has 7 heterocycles. The summed E-state index contributed by atoms with van der Waals surface area (Å²) in [4.78, 5) is 19.1. The molecule has 2 aromatic heterocycles. The second kappa shape index (κ2) is 9.58. The van der Waals surface area contributed by atoms with Crippen LogP contribution in [-0.4, -0.2) is 76.4 Å². The molecule has 4 fully saturated rings. The van der Waals surface area contributed by atoms with Gasteiger partial charge in [-0.1, -0.05) is 35.9 Å². The fourth-order valence-electron chi connectivity index (χ4n) is 8.33. The number of halogens is 3. The van der Waals surface area contributed by atoms with E-state index in [0.29, 0.717) is 46.8 Å². The molecule has 4 saturated heterocycles. The summed E-state index contributed by atoms with van der Waals surface area (Å²) in [5.74, 6) is -0.354. The van der Waals surface area contributed by atoms with Gasteiger partial charge in [-0.25, -0.2) is 13.8 Å². The third-order valence-corrected chi connectivity index (χ3v) is 10.8. The summed E-state index contributed by atoms with van der Waals surface area (Å²) >= 11 is 6.46. The van der Waals surface area contributed by atoms with E-state index in [2.05, 4.69) is 15.1 Å². The number of piperazine rings is 1. The number of hydrogen-bond acceptors (Lipinski definition) is 8. The van der Waals surface area contributed by atoms with Crippen LogP contribution in [0.25, 0.3) is 32.9 Å². The highest BCUT2D eigenvalue weighted by Gasteiger charge is 2.46. The molecule has 0 aliphatic carbocycles. The van der Waals surface area contributed by atoms with E-state index < -0.39 is 11.6 Å². The quantitative estimate of drug-likeness (QED) is 0.328. The first-order valence-corrected chi connectivity index (χ1v) is 15.7. The minimum Gasteiger partial charge on any atom is -0.475 e. The summed E-state index contributed by atoms with van der Waals surface area (Å²) < 4.78 is 44.3. The van der Waals surface area contributed by atoms with Gasteiger partial charge in [0.15, 0.2) is 5.82 Å². The Morgan fingerprint density at radius 1 is 1.05 bits per heavy atom. The lowest BCUT2D eigenvalue weighted by Gasteiger charge is -2.40. The number of ether oxygens (including phenoxy) is 2. The molecule has 0 radical (unpaired) electrons. The highest BCUT2D eigenvalue weighted by atomic mass is 35.5. The highest BCUT2D eigenvalue weighted by Crippen LogP contribution is 2.45. The molecule has 5 aliphatic rings. The fraction of sp³-hybridized carbons (Fsp3) is 0.469. The zero-order valence-electron chi connectivity index (χ0n) is 23.6. The molecule has 3 unspecified atom stereocenters. The Kier molecular flexibility index (Phi) is 5.81. The summed E-state index contributed by atoms with van der Waals surface area (Å²) in [5, 5.41) is 5.15. The van der Waals surface area contributed by atoms with E-state index in [1.807, 2.05) is 6.07 Å². The van der Waals surface area contributed by atoms with Crippen LogP contribution in [0.15, 0.2) is 30.3 Å². The lowest BCUT2D eigenvalue weighted by atomic mass is 9.95. The van der Waals surface area contributed by atoms with Crippen molar-refractivity contribution in [3.8, 4) is 23.1 Å². The number of fused-ring (bicyclic) bond motifs is 7. The minimum absolute atomic E-state index is 0.00487. The lowest BCUT2D eigenvalue weighted by Crippen LogP contribution is -2.60. The Morgan fingerprint density at radius 3 is 2.77 bits per heavy atom. The van der Waals surface area contributed by atoms with E-state index in [-0.39, 0.29) is 45.7 Å². The third-order valence-electron chi connectivity index (χ3n) is 10.4. The van der Waals surface area contributed by atoms with Crippen molar-refractivity contribution in [2.24, 2.45) is 0 Å². The number of pyridine rings is 1. The van der Waals surface area contributed by atoms with Gasteiger partial charge >= 0.3 is 6.01 Å². The lowest BCUT2D eigenvalue weighted by molar-refractivity contribution is 0.108. The highest BCUT2D eigenvalue weighted by molar-refractivity contribution is 6.36. The summed E-state index contributed by atoms with van der Waals surface area (Å²) in [5.41, 5.74) is 0.455. The second-order valence-electron chi connectivity index (χ2n) is 12.7. The van der Waals surface area contributed by atoms with Crippen LogP contribution >= 0.6 is 11.6 Å². The Labute approximate surface area is 252 Å². The molecule has 9 rings (SSSR count). The largest absolute Gasteiger partial charge is 0.475 e. The monoisotopic (exact) mass is 604 g/mol. The number of rotatable bonds is 4. The van der Waals surface area contributed by atoms with Gasteiger partial charge < -0.3 is 19.7 Å². The first-order chi connectivity index (χ1) is 21.0. The maximum Gasteiger partial charge on any atom is 0.319 e. The molecular weight excluding hydrogens is 574 g/mol. The molecule has 11 heteroatoms. The van der Waals surface area contributed by atoms with Gasteiger partial charge in [0.05, 0.1) is 16.6 Å². The first-order valence-electron chi connectivity index (χ1n) is 15.3. The topological polar surface area (TPSA) is 75.6 Å². The number of nitrogens with one attached hydrogen (secondary N) is 1. The molecule has 2 bridgehead atoms.